The molecule has 0 spiro atoms. The Morgan fingerprint density at radius 2 is 1.71 bits per heavy atom. The minimum absolute atomic E-state index is 0.137. The van der Waals surface area contributed by atoms with Crippen molar-refractivity contribution in [2.75, 3.05) is 17.7 Å². The lowest BCUT2D eigenvalue weighted by Gasteiger charge is -2.19. The van der Waals surface area contributed by atoms with Gasteiger partial charge >= 0.3 is 11.7 Å². The average molecular weight is 421 g/mol. The maximum Gasteiger partial charge on any atom is 0.315 e. The summed E-state index contributed by atoms with van der Waals surface area (Å²) in [6.07, 6.45) is -0.218. The number of hydrogen-bond acceptors (Lipinski definition) is 6. The van der Waals surface area contributed by atoms with Gasteiger partial charge < -0.3 is 20.5 Å². The zero-order valence-electron chi connectivity index (χ0n) is 16.9. The van der Waals surface area contributed by atoms with Gasteiger partial charge in [-0.1, -0.05) is 48.5 Å². The molecule has 0 aliphatic rings. The molecular formula is C23H23N3O5. The molecule has 0 saturated heterocycles. The second kappa shape index (κ2) is 10.1. The van der Waals surface area contributed by atoms with Crippen LogP contribution in [0.25, 0.3) is 0 Å². The number of nitrogens with zero attached hydrogens (tertiary/aromatic N) is 1. The maximum atomic E-state index is 11.9. The first-order valence-corrected chi connectivity index (χ1v) is 9.65. The smallest absolute Gasteiger partial charge is 0.315 e. The van der Waals surface area contributed by atoms with Crippen LogP contribution in [-0.2, 0) is 11.3 Å². The predicted molar refractivity (Wildman–Crippen MR) is 118 cm³/mol. The Hall–Kier alpha value is -4.07. The molecule has 0 fully saturated rings. The molecule has 3 N–H and O–H groups in total. The van der Waals surface area contributed by atoms with Gasteiger partial charge in [-0.3, -0.25) is 14.9 Å². The van der Waals surface area contributed by atoms with E-state index >= 15 is 0 Å². The number of carbonyl (C=O) groups is 1. The lowest BCUT2D eigenvalue weighted by molar-refractivity contribution is -0.383. The number of nitro benzene ring substituents is 1. The average Bonchev–Trinajstić information content (AvgIpc) is 2.77. The Morgan fingerprint density at radius 1 is 1.03 bits per heavy atom. The summed E-state index contributed by atoms with van der Waals surface area (Å²) in [5, 5.41) is 27.3. The topological polar surface area (TPSA) is 114 Å². The number of para-hydroxylation sites is 1. The first-order chi connectivity index (χ1) is 15.0. The van der Waals surface area contributed by atoms with E-state index in [4.69, 9.17) is 4.74 Å². The minimum Gasteiger partial charge on any atom is -0.497 e. The molecular weight excluding hydrogens is 398 g/mol. The first kappa shape index (κ1) is 21.6. The fourth-order valence-corrected chi connectivity index (χ4v) is 3.24. The lowest BCUT2D eigenvalue weighted by atomic mass is 10.0. The van der Waals surface area contributed by atoms with Crippen LogP contribution in [0.5, 0.6) is 5.75 Å². The van der Waals surface area contributed by atoms with Gasteiger partial charge in [0.25, 0.3) is 0 Å². The Labute approximate surface area is 179 Å². The lowest BCUT2D eigenvalue weighted by Crippen LogP contribution is -2.16. The van der Waals surface area contributed by atoms with E-state index in [0.717, 1.165) is 16.9 Å². The van der Waals surface area contributed by atoms with Crippen molar-refractivity contribution in [1.29, 1.82) is 0 Å². The van der Waals surface area contributed by atoms with Crippen molar-refractivity contribution in [2.24, 2.45) is 0 Å². The van der Waals surface area contributed by atoms with Crippen LogP contribution in [0, 0.1) is 10.1 Å². The second-order valence-corrected chi connectivity index (χ2v) is 6.87. The molecule has 0 saturated carbocycles. The number of anilines is 2. The monoisotopic (exact) mass is 421 g/mol. The number of hydrogen-bond donors (Lipinski definition) is 3. The van der Waals surface area contributed by atoms with Gasteiger partial charge in [0.05, 0.1) is 24.5 Å². The fourth-order valence-electron chi connectivity index (χ4n) is 3.24. The van der Waals surface area contributed by atoms with Crippen molar-refractivity contribution in [3.63, 3.8) is 0 Å². The normalized spacial score (nSPS) is 11.4. The maximum absolute atomic E-state index is 11.9. The molecule has 1 unspecified atom stereocenters. The molecule has 0 bridgehead atoms. The van der Waals surface area contributed by atoms with Crippen molar-refractivity contribution in [2.45, 2.75) is 19.0 Å². The zero-order valence-corrected chi connectivity index (χ0v) is 16.9. The highest BCUT2D eigenvalue weighted by Crippen LogP contribution is 2.36. The first-order valence-electron chi connectivity index (χ1n) is 9.65. The van der Waals surface area contributed by atoms with Crippen LogP contribution in [0.1, 0.15) is 23.6 Å². The van der Waals surface area contributed by atoms with Gasteiger partial charge in [-0.15, -0.1) is 0 Å². The molecule has 3 rings (SSSR count). The Kier molecular flexibility index (Phi) is 7.05. The van der Waals surface area contributed by atoms with Crippen molar-refractivity contribution < 1.29 is 19.6 Å². The Balaban J connectivity index is 1.86. The summed E-state index contributed by atoms with van der Waals surface area (Å²) in [4.78, 5) is 22.8. The standard InChI is InChI=1S/C23H23N3O5/c1-31-18-12-10-16(11-13-18)15-24-19-8-5-9-20(23(19)26(29)30)25-21(14-22(27)28)17-6-3-2-4-7-17/h2-13,21,24-25H,14-15H2,1H3,(H,27,28). The van der Waals surface area contributed by atoms with Crippen LogP contribution in [0.2, 0.25) is 0 Å². The van der Waals surface area contributed by atoms with Crippen molar-refractivity contribution in [1.82, 2.24) is 0 Å². The number of methoxy groups -OCH3 is 1. The molecule has 8 nitrogen and oxygen atoms in total. The largest absolute Gasteiger partial charge is 0.497 e. The summed E-state index contributed by atoms with van der Waals surface area (Å²) in [6.45, 7) is 0.380. The van der Waals surface area contributed by atoms with Crippen LogP contribution < -0.4 is 15.4 Å². The van der Waals surface area contributed by atoms with Gasteiger partial charge in [0.15, 0.2) is 0 Å². The third-order valence-corrected chi connectivity index (χ3v) is 4.77. The number of carboxylic acid groups (broad SMARTS) is 1. The number of ether oxygens (including phenoxy) is 1. The molecule has 8 heteroatoms. The van der Waals surface area contributed by atoms with E-state index in [2.05, 4.69) is 10.6 Å². The van der Waals surface area contributed by atoms with Gasteiger partial charge in [0.2, 0.25) is 0 Å². The SMILES string of the molecule is COc1ccc(CNc2cccc(NC(CC(=O)O)c3ccccc3)c2[N+](=O)[O-])cc1. The minimum atomic E-state index is -1.00. The third kappa shape index (κ3) is 5.72. The van der Waals surface area contributed by atoms with E-state index in [1.807, 2.05) is 30.3 Å². The van der Waals surface area contributed by atoms with E-state index in [-0.39, 0.29) is 17.8 Å². The summed E-state index contributed by atoms with van der Waals surface area (Å²) in [5.41, 5.74) is 2.12. The summed E-state index contributed by atoms with van der Waals surface area (Å²) in [7, 11) is 1.59. The molecule has 1 atom stereocenters. The van der Waals surface area contributed by atoms with Crippen molar-refractivity contribution in [3.8, 4) is 5.75 Å². The molecule has 0 aliphatic carbocycles. The molecule has 0 heterocycles. The second-order valence-electron chi connectivity index (χ2n) is 6.87. The molecule has 0 amide bonds. The van der Waals surface area contributed by atoms with E-state index in [9.17, 15) is 20.0 Å². The highest BCUT2D eigenvalue weighted by Gasteiger charge is 2.23. The third-order valence-electron chi connectivity index (χ3n) is 4.77. The van der Waals surface area contributed by atoms with Gasteiger partial charge in [0.1, 0.15) is 17.1 Å². The molecule has 0 aromatic heterocycles. The number of nitro groups is 1. The van der Waals surface area contributed by atoms with Crippen molar-refractivity contribution >= 4 is 23.0 Å². The quantitative estimate of drug-likeness (QED) is 0.317. The fraction of sp³-hybridized carbons (Fsp3) is 0.174. The van der Waals surface area contributed by atoms with Gasteiger partial charge in [0, 0.05) is 6.54 Å². The highest BCUT2D eigenvalue weighted by molar-refractivity contribution is 5.77. The van der Waals surface area contributed by atoms with Crippen molar-refractivity contribution in [3.05, 3.63) is 94.0 Å². The molecule has 0 aliphatic heterocycles. The van der Waals surface area contributed by atoms with Gasteiger partial charge in [-0.25, -0.2) is 0 Å². The van der Waals surface area contributed by atoms with E-state index in [0.29, 0.717) is 12.2 Å². The Bertz CT molecular complexity index is 1040. The number of rotatable bonds is 10. The summed E-state index contributed by atoms with van der Waals surface area (Å²) in [5.74, 6) is -0.274. The van der Waals surface area contributed by atoms with Gasteiger partial charge in [-0.05, 0) is 35.4 Å². The van der Waals surface area contributed by atoms with Crippen LogP contribution in [0.3, 0.4) is 0 Å². The summed E-state index contributed by atoms with van der Waals surface area (Å²) in [6, 6.07) is 20.7. The van der Waals surface area contributed by atoms with E-state index in [1.165, 1.54) is 0 Å². The van der Waals surface area contributed by atoms with Crippen LogP contribution in [-0.4, -0.2) is 23.1 Å². The summed E-state index contributed by atoms with van der Waals surface area (Å²) < 4.78 is 5.14. The van der Waals surface area contributed by atoms with Crippen LogP contribution in [0.15, 0.2) is 72.8 Å². The van der Waals surface area contributed by atoms with Crippen LogP contribution >= 0.6 is 0 Å². The molecule has 0 radical (unpaired) electrons. The predicted octanol–water partition coefficient (Wildman–Crippen LogP) is 4.84. The number of aliphatic carboxylic acids is 1. The van der Waals surface area contributed by atoms with E-state index in [1.54, 1.807) is 49.6 Å². The summed E-state index contributed by atoms with van der Waals surface area (Å²) >= 11 is 0. The molecule has 160 valence electrons. The van der Waals surface area contributed by atoms with Gasteiger partial charge in [-0.2, -0.15) is 0 Å². The molecule has 3 aromatic carbocycles. The number of nitrogens with one attached hydrogen (secondary N) is 2. The Morgan fingerprint density at radius 3 is 2.32 bits per heavy atom. The highest BCUT2D eigenvalue weighted by atomic mass is 16.6. The zero-order chi connectivity index (χ0) is 22.2. The van der Waals surface area contributed by atoms with E-state index < -0.39 is 16.9 Å². The molecule has 31 heavy (non-hydrogen) atoms. The molecule has 3 aromatic rings. The number of benzene rings is 3. The van der Waals surface area contributed by atoms with Crippen LogP contribution in [0.4, 0.5) is 17.1 Å². The number of carboxylic acids is 1.